The lowest BCUT2D eigenvalue weighted by molar-refractivity contribution is 0.585. The zero-order chi connectivity index (χ0) is 12.6. The van der Waals surface area contributed by atoms with Crippen molar-refractivity contribution < 1.29 is 4.39 Å². The molecule has 1 aromatic carbocycles. The van der Waals surface area contributed by atoms with Crippen molar-refractivity contribution in [1.82, 2.24) is 0 Å². The summed E-state index contributed by atoms with van der Waals surface area (Å²) in [5, 5.41) is 0. The van der Waals surface area contributed by atoms with Gasteiger partial charge in [-0.25, -0.2) is 4.39 Å². The Morgan fingerprint density at radius 3 is 2.53 bits per heavy atom. The first-order valence-electron chi connectivity index (χ1n) is 5.22. The van der Waals surface area contributed by atoms with E-state index in [-0.39, 0.29) is 5.82 Å². The van der Waals surface area contributed by atoms with E-state index in [1.807, 2.05) is 19.1 Å². The maximum atomic E-state index is 13.6. The Labute approximate surface area is 109 Å². The average molecular weight is 270 g/mol. The number of hydrogen-bond acceptors (Lipinski definition) is 2. The fourth-order valence-corrected chi connectivity index (χ4v) is 2.78. The number of rotatable bonds is 2. The Kier molecular flexibility index (Phi) is 3.25. The lowest BCUT2D eigenvalue weighted by atomic mass is 9.91. The Morgan fingerprint density at radius 2 is 2.00 bits per heavy atom. The molecule has 0 aliphatic rings. The van der Waals surface area contributed by atoms with Crippen LogP contribution in [0.3, 0.4) is 0 Å². The van der Waals surface area contributed by atoms with Gasteiger partial charge in [0.05, 0.1) is 9.88 Å². The monoisotopic (exact) mass is 269 g/mol. The number of aryl methyl sites for hydroxylation is 1. The van der Waals surface area contributed by atoms with Crippen molar-refractivity contribution in [1.29, 1.82) is 0 Å². The summed E-state index contributed by atoms with van der Waals surface area (Å²) < 4.78 is 14.2. The first kappa shape index (κ1) is 12.6. The molecule has 1 heterocycles. The Hall–Kier alpha value is -0.900. The Balaban J connectivity index is 2.47. The quantitative estimate of drug-likeness (QED) is 0.874. The van der Waals surface area contributed by atoms with Crippen LogP contribution in [0.15, 0.2) is 30.3 Å². The highest BCUT2D eigenvalue weighted by atomic mass is 35.5. The fourth-order valence-electron chi connectivity index (χ4n) is 1.65. The van der Waals surface area contributed by atoms with Crippen LogP contribution in [0.4, 0.5) is 4.39 Å². The maximum absolute atomic E-state index is 13.6. The van der Waals surface area contributed by atoms with E-state index in [0.717, 1.165) is 10.4 Å². The zero-order valence-corrected chi connectivity index (χ0v) is 11.2. The van der Waals surface area contributed by atoms with E-state index < -0.39 is 5.54 Å². The van der Waals surface area contributed by atoms with Crippen molar-refractivity contribution >= 4 is 22.9 Å². The van der Waals surface area contributed by atoms with E-state index in [0.29, 0.717) is 9.90 Å². The van der Waals surface area contributed by atoms with Crippen molar-refractivity contribution in [2.45, 2.75) is 19.4 Å². The Bertz CT molecular complexity index is 548. The third-order valence-electron chi connectivity index (χ3n) is 2.86. The summed E-state index contributed by atoms with van der Waals surface area (Å²) in [6.45, 7) is 3.59. The first-order chi connectivity index (χ1) is 7.91. The van der Waals surface area contributed by atoms with Crippen molar-refractivity contribution in [2.24, 2.45) is 5.73 Å². The molecule has 17 heavy (non-hydrogen) atoms. The molecule has 90 valence electrons. The van der Waals surface area contributed by atoms with Gasteiger partial charge in [0.2, 0.25) is 0 Å². The van der Waals surface area contributed by atoms with E-state index in [1.54, 1.807) is 19.1 Å². The van der Waals surface area contributed by atoms with Crippen LogP contribution in [-0.2, 0) is 5.54 Å². The number of halogens is 2. The van der Waals surface area contributed by atoms with Crippen LogP contribution >= 0.6 is 22.9 Å². The molecule has 2 N–H and O–H groups in total. The molecule has 2 rings (SSSR count). The maximum Gasteiger partial charge on any atom is 0.126 e. The van der Waals surface area contributed by atoms with Crippen LogP contribution in [0.2, 0.25) is 4.34 Å². The van der Waals surface area contributed by atoms with E-state index in [9.17, 15) is 4.39 Å². The second kappa shape index (κ2) is 4.41. The van der Waals surface area contributed by atoms with Gasteiger partial charge in [-0.1, -0.05) is 23.7 Å². The predicted molar refractivity (Wildman–Crippen MR) is 71.1 cm³/mol. The van der Waals surface area contributed by atoms with Gasteiger partial charge in [-0.05, 0) is 43.2 Å². The van der Waals surface area contributed by atoms with Crippen molar-refractivity contribution in [2.75, 3.05) is 0 Å². The van der Waals surface area contributed by atoms with Crippen molar-refractivity contribution in [3.05, 3.63) is 56.5 Å². The lowest BCUT2D eigenvalue weighted by Gasteiger charge is -2.24. The van der Waals surface area contributed by atoms with Gasteiger partial charge in [0.25, 0.3) is 0 Å². The summed E-state index contributed by atoms with van der Waals surface area (Å²) >= 11 is 7.32. The van der Waals surface area contributed by atoms with Gasteiger partial charge in [0.15, 0.2) is 0 Å². The van der Waals surface area contributed by atoms with E-state index in [2.05, 4.69) is 0 Å². The first-order valence-corrected chi connectivity index (χ1v) is 6.42. The highest BCUT2D eigenvalue weighted by Crippen LogP contribution is 2.34. The summed E-state index contributed by atoms with van der Waals surface area (Å²) in [5.74, 6) is -0.234. The van der Waals surface area contributed by atoms with Gasteiger partial charge in [-0.2, -0.15) is 0 Å². The number of nitrogens with two attached hydrogens (primary N) is 1. The standard InChI is InChI=1S/C13H13ClFNS/c1-8-3-4-9(7-10(8)15)13(2,16)11-5-6-12(14)17-11/h3-7H,16H2,1-2H3. The number of hydrogen-bond donors (Lipinski definition) is 1. The van der Waals surface area contributed by atoms with E-state index >= 15 is 0 Å². The molecule has 0 amide bonds. The van der Waals surface area contributed by atoms with Gasteiger partial charge in [-0.15, -0.1) is 11.3 Å². The lowest BCUT2D eigenvalue weighted by Crippen LogP contribution is -2.33. The SMILES string of the molecule is Cc1ccc(C(C)(N)c2ccc(Cl)s2)cc1F. The smallest absolute Gasteiger partial charge is 0.126 e. The molecule has 0 bridgehead atoms. The van der Waals surface area contributed by atoms with Crippen LogP contribution in [-0.4, -0.2) is 0 Å². The molecule has 0 radical (unpaired) electrons. The second-order valence-electron chi connectivity index (χ2n) is 4.27. The highest BCUT2D eigenvalue weighted by molar-refractivity contribution is 7.16. The summed E-state index contributed by atoms with van der Waals surface area (Å²) in [7, 11) is 0. The molecule has 0 saturated heterocycles. The molecule has 4 heteroatoms. The highest BCUT2D eigenvalue weighted by Gasteiger charge is 2.26. The van der Waals surface area contributed by atoms with Gasteiger partial charge in [0, 0.05) is 4.88 Å². The third kappa shape index (κ3) is 2.37. The predicted octanol–water partition coefficient (Wildman–Crippen LogP) is 4.07. The molecule has 0 saturated carbocycles. The van der Waals surface area contributed by atoms with Crippen molar-refractivity contribution in [3.8, 4) is 0 Å². The summed E-state index contributed by atoms with van der Waals surface area (Å²) in [6.07, 6.45) is 0. The summed E-state index contributed by atoms with van der Waals surface area (Å²) in [5.41, 5.74) is 6.93. The molecule has 2 aromatic rings. The normalized spacial score (nSPS) is 14.6. The largest absolute Gasteiger partial charge is 0.317 e. The van der Waals surface area contributed by atoms with Gasteiger partial charge < -0.3 is 5.73 Å². The van der Waals surface area contributed by atoms with Crippen LogP contribution in [0.1, 0.15) is 22.9 Å². The molecule has 1 unspecified atom stereocenters. The average Bonchev–Trinajstić information content (AvgIpc) is 2.69. The van der Waals surface area contributed by atoms with E-state index in [1.165, 1.54) is 17.4 Å². The molecular formula is C13H13ClFNS. The number of benzene rings is 1. The molecule has 0 aliphatic heterocycles. The van der Waals surface area contributed by atoms with Crippen LogP contribution in [0.5, 0.6) is 0 Å². The molecule has 1 nitrogen and oxygen atoms in total. The fraction of sp³-hybridized carbons (Fsp3) is 0.231. The zero-order valence-electron chi connectivity index (χ0n) is 9.63. The van der Waals surface area contributed by atoms with Crippen LogP contribution in [0.25, 0.3) is 0 Å². The van der Waals surface area contributed by atoms with Crippen molar-refractivity contribution in [3.63, 3.8) is 0 Å². The van der Waals surface area contributed by atoms with Crippen LogP contribution < -0.4 is 5.73 Å². The molecule has 1 atom stereocenters. The van der Waals surface area contributed by atoms with Gasteiger partial charge in [0.1, 0.15) is 5.82 Å². The molecule has 0 aliphatic carbocycles. The molecule has 0 spiro atoms. The minimum absolute atomic E-state index is 0.234. The third-order valence-corrected chi connectivity index (χ3v) is 4.33. The van der Waals surface area contributed by atoms with Crippen LogP contribution in [0, 0.1) is 12.7 Å². The second-order valence-corrected chi connectivity index (χ2v) is 5.99. The minimum Gasteiger partial charge on any atom is -0.317 e. The Morgan fingerprint density at radius 1 is 1.29 bits per heavy atom. The van der Waals surface area contributed by atoms with E-state index in [4.69, 9.17) is 17.3 Å². The molecular weight excluding hydrogens is 257 g/mol. The topological polar surface area (TPSA) is 26.0 Å². The molecule has 1 aromatic heterocycles. The van der Waals surface area contributed by atoms with Gasteiger partial charge in [-0.3, -0.25) is 0 Å². The number of thiophene rings is 1. The summed E-state index contributed by atoms with van der Waals surface area (Å²) in [4.78, 5) is 0.922. The van der Waals surface area contributed by atoms with Gasteiger partial charge >= 0.3 is 0 Å². The summed E-state index contributed by atoms with van der Waals surface area (Å²) in [6, 6.07) is 8.77. The molecule has 0 fully saturated rings. The minimum atomic E-state index is -0.716.